The highest BCUT2D eigenvalue weighted by atomic mass is 15.1. The average Bonchev–Trinajstić information content (AvgIpc) is 2.03. The molecule has 0 aromatic rings. The number of hydrogen-bond donors (Lipinski definition) is 0. The highest BCUT2D eigenvalue weighted by molar-refractivity contribution is 5.53. The third-order valence-electron chi connectivity index (χ3n) is 1.56. The Bertz CT molecular complexity index is 119. The molecule has 0 fully saturated rings. The summed E-state index contributed by atoms with van der Waals surface area (Å²) in [6.45, 7) is 11.8. The van der Waals surface area contributed by atoms with Gasteiger partial charge in [0.1, 0.15) is 0 Å². The first-order valence-electron chi connectivity index (χ1n) is 4.12. The third kappa shape index (κ3) is 5.80. The normalized spacial score (nSPS) is 11.2. The smallest absolute Gasteiger partial charge is 0.0512 e. The minimum Gasteiger partial charge on any atom is -0.298 e. The lowest BCUT2D eigenvalue weighted by Crippen LogP contribution is -2.26. The Morgan fingerprint density at radius 3 is 2.73 bits per heavy atom. The van der Waals surface area contributed by atoms with Crippen molar-refractivity contribution < 1.29 is 0 Å². The topological polar surface area (TPSA) is 15.6 Å². The van der Waals surface area contributed by atoms with Gasteiger partial charge in [-0.3, -0.25) is 9.89 Å². The van der Waals surface area contributed by atoms with Gasteiger partial charge < -0.3 is 0 Å². The minimum atomic E-state index is 0.901. The number of hydrogen-bond acceptors (Lipinski definition) is 2. The molecule has 0 spiro atoms. The predicted octanol–water partition coefficient (Wildman–Crippen LogP) is 1.58. The van der Waals surface area contributed by atoms with Crippen LogP contribution in [0.25, 0.3) is 0 Å². The molecule has 64 valence electrons. The summed E-state index contributed by atoms with van der Waals surface area (Å²) >= 11 is 0. The molecule has 0 aliphatic carbocycles. The molecule has 0 radical (unpaired) electrons. The number of rotatable bonds is 6. The lowest BCUT2D eigenvalue weighted by atomic mass is 10.4. The van der Waals surface area contributed by atoms with E-state index in [4.69, 9.17) is 0 Å². The zero-order valence-corrected chi connectivity index (χ0v) is 7.58. The number of likely N-dealkylation sites (N-methyl/N-ethyl adjacent to an activating group) is 1. The van der Waals surface area contributed by atoms with E-state index in [1.54, 1.807) is 0 Å². The quantitative estimate of drug-likeness (QED) is 0.419. The van der Waals surface area contributed by atoms with E-state index in [-0.39, 0.29) is 0 Å². The van der Waals surface area contributed by atoms with Crippen molar-refractivity contribution >= 4 is 6.21 Å². The van der Waals surface area contributed by atoms with E-state index >= 15 is 0 Å². The van der Waals surface area contributed by atoms with Crippen molar-refractivity contribution in [3.63, 3.8) is 0 Å². The molecule has 0 aromatic heterocycles. The Hall–Kier alpha value is -0.630. The summed E-state index contributed by atoms with van der Waals surface area (Å²) in [6.07, 6.45) is 3.78. The second kappa shape index (κ2) is 7.48. The number of aliphatic imine (C=N–C) groups is 1. The molecule has 11 heavy (non-hydrogen) atoms. The van der Waals surface area contributed by atoms with Crippen molar-refractivity contribution in [1.29, 1.82) is 0 Å². The maximum absolute atomic E-state index is 4.14. The van der Waals surface area contributed by atoms with Crippen molar-refractivity contribution in [2.45, 2.75) is 13.8 Å². The minimum absolute atomic E-state index is 0.901. The van der Waals surface area contributed by atoms with Gasteiger partial charge in [-0.05, 0) is 19.7 Å². The van der Waals surface area contributed by atoms with Gasteiger partial charge in [0.05, 0.1) is 6.54 Å². The lowest BCUT2D eigenvalue weighted by Gasteiger charge is -2.16. The molecule has 0 aliphatic rings. The summed E-state index contributed by atoms with van der Waals surface area (Å²) < 4.78 is 0. The van der Waals surface area contributed by atoms with Gasteiger partial charge in [-0.2, -0.15) is 0 Å². The van der Waals surface area contributed by atoms with Gasteiger partial charge in [-0.15, -0.1) is 6.58 Å². The van der Waals surface area contributed by atoms with Crippen LogP contribution in [0.3, 0.4) is 0 Å². The van der Waals surface area contributed by atoms with Crippen molar-refractivity contribution in [2.24, 2.45) is 4.99 Å². The molecule has 0 atom stereocenters. The zero-order chi connectivity index (χ0) is 8.53. The molecule has 0 bridgehead atoms. The van der Waals surface area contributed by atoms with Gasteiger partial charge >= 0.3 is 0 Å². The van der Waals surface area contributed by atoms with Gasteiger partial charge in [0.25, 0.3) is 0 Å². The van der Waals surface area contributed by atoms with Crippen molar-refractivity contribution in [2.75, 3.05) is 26.2 Å². The van der Waals surface area contributed by atoms with E-state index in [1.807, 2.05) is 19.2 Å². The van der Waals surface area contributed by atoms with E-state index < -0.39 is 0 Å². The molecular formula is C9H18N2. The van der Waals surface area contributed by atoms with Crippen molar-refractivity contribution in [3.8, 4) is 0 Å². The van der Waals surface area contributed by atoms with Crippen LogP contribution < -0.4 is 0 Å². The van der Waals surface area contributed by atoms with Gasteiger partial charge in [-0.25, -0.2) is 0 Å². The SMILES string of the molecule is C=CCN(CC)CCN=CC. The molecule has 0 rings (SSSR count). The molecule has 0 aromatic carbocycles. The van der Waals surface area contributed by atoms with E-state index in [0.717, 1.165) is 26.2 Å². The monoisotopic (exact) mass is 154 g/mol. The van der Waals surface area contributed by atoms with Gasteiger partial charge in [-0.1, -0.05) is 13.0 Å². The summed E-state index contributed by atoms with van der Waals surface area (Å²) in [4.78, 5) is 6.45. The van der Waals surface area contributed by atoms with Crippen LogP contribution in [0, 0.1) is 0 Å². The summed E-state index contributed by atoms with van der Waals surface area (Å²) in [6, 6.07) is 0. The number of nitrogens with zero attached hydrogens (tertiary/aromatic N) is 2. The van der Waals surface area contributed by atoms with Crippen LogP contribution in [-0.4, -0.2) is 37.3 Å². The first-order valence-corrected chi connectivity index (χ1v) is 4.12. The fraction of sp³-hybridized carbons (Fsp3) is 0.667. The summed E-state index contributed by atoms with van der Waals surface area (Å²) in [5.41, 5.74) is 0. The molecule has 2 nitrogen and oxygen atoms in total. The lowest BCUT2D eigenvalue weighted by molar-refractivity contribution is 0.329. The molecule has 0 saturated heterocycles. The van der Waals surface area contributed by atoms with Crippen LogP contribution in [0.5, 0.6) is 0 Å². The maximum atomic E-state index is 4.14. The molecule has 2 heteroatoms. The summed E-state index contributed by atoms with van der Waals surface area (Å²) in [5, 5.41) is 0. The summed E-state index contributed by atoms with van der Waals surface area (Å²) in [5.74, 6) is 0. The van der Waals surface area contributed by atoms with Crippen LogP contribution in [0.2, 0.25) is 0 Å². The van der Waals surface area contributed by atoms with Crippen LogP contribution >= 0.6 is 0 Å². The Labute approximate surface area is 69.6 Å². The highest BCUT2D eigenvalue weighted by Crippen LogP contribution is 1.87. The van der Waals surface area contributed by atoms with Crippen molar-refractivity contribution in [1.82, 2.24) is 4.90 Å². The first kappa shape index (κ1) is 10.4. The third-order valence-corrected chi connectivity index (χ3v) is 1.56. The van der Waals surface area contributed by atoms with Gasteiger partial charge in [0, 0.05) is 13.1 Å². The van der Waals surface area contributed by atoms with Gasteiger partial charge in [0.2, 0.25) is 0 Å². The van der Waals surface area contributed by atoms with E-state index in [1.165, 1.54) is 0 Å². The second-order valence-corrected chi connectivity index (χ2v) is 2.35. The Morgan fingerprint density at radius 1 is 1.55 bits per heavy atom. The highest BCUT2D eigenvalue weighted by Gasteiger charge is 1.95. The van der Waals surface area contributed by atoms with E-state index in [9.17, 15) is 0 Å². The summed E-state index contributed by atoms with van der Waals surface area (Å²) in [7, 11) is 0. The maximum Gasteiger partial charge on any atom is 0.0512 e. The van der Waals surface area contributed by atoms with Gasteiger partial charge in [0.15, 0.2) is 0 Å². The molecule has 0 saturated carbocycles. The van der Waals surface area contributed by atoms with Crippen LogP contribution in [0.15, 0.2) is 17.6 Å². The van der Waals surface area contributed by atoms with Crippen LogP contribution in [0.4, 0.5) is 0 Å². The molecular weight excluding hydrogens is 136 g/mol. The van der Waals surface area contributed by atoms with Crippen LogP contribution in [0.1, 0.15) is 13.8 Å². The predicted molar refractivity (Wildman–Crippen MR) is 51.3 cm³/mol. The van der Waals surface area contributed by atoms with Crippen LogP contribution in [-0.2, 0) is 0 Å². The Kier molecular flexibility index (Phi) is 7.05. The molecule has 0 heterocycles. The van der Waals surface area contributed by atoms with E-state index in [0.29, 0.717) is 0 Å². The Balaban J connectivity index is 3.42. The van der Waals surface area contributed by atoms with Crippen molar-refractivity contribution in [3.05, 3.63) is 12.7 Å². The first-order chi connectivity index (χ1) is 5.35. The molecule has 0 N–H and O–H groups in total. The van der Waals surface area contributed by atoms with E-state index in [2.05, 4.69) is 23.4 Å². The molecule has 0 amide bonds. The second-order valence-electron chi connectivity index (χ2n) is 2.35. The zero-order valence-electron chi connectivity index (χ0n) is 7.58. The molecule has 0 aliphatic heterocycles. The standard InChI is InChI=1S/C9H18N2/c1-4-8-11(6-3)9-7-10-5-2/h4-5H,1,6-9H2,2-3H3. The fourth-order valence-corrected chi connectivity index (χ4v) is 0.889. The fourth-order valence-electron chi connectivity index (χ4n) is 0.889. The Morgan fingerprint density at radius 2 is 2.27 bits per heavy atom. The molecule has 0 unspecified atom stereocenters. The largest absolute Gasteiger partial charge is 0.298 e. The average molecular weight is 154 g/mol.